The fraction of sp³-hybridized carbons (Fsp3) is 0.438. The minimum atomic E-state index is -1.30. The van der Waals surface area contributed by atoms with Crippen molar-refractivity contribution >= 4 is 12.0 Å². The maximum absolute atomic E-state index is 11.4. The highest BCUT2D eigenvalue weighted by Crippen LogP contribution is 2.39. The number of methoxy groups -OCH3 is 1. The first-order valence-electron chi connectivity index (χ1n) is 7.47. The van der Waals surface area contributed by atoms with Crippen molar-refractivity contribution in [3.63, 3.8) is 0 Å². The molecule has 1 aromatic carbocycles. The summed E-state index contributed by atoms with van der Waals surface area (Å²) in [5.41, 5.74) is 0.787. The molecule has 2 N–H and O–H groups in total. The number of esters is 1. The maximum Gasteiger partial charge on any atom is 0.338 e. The van der Waals surface area contributed by atoms with Gasteiger partial charge < -0.3 is 33.9 Å². The number of aromatic hydroxyl groups is 1. The summed E-state index contributed by atoms with van der Waals surface area (Å²) in [7, 11) is 1.47. The zero-order valence-corrected chi connectivity index (χ0v) is 12.7. The van der Waals surface area contributed by atoms with Crippen molar-refractivity contribution in [1.82, 2.24) is 0 Å². The summed E-state index contributed by atoms with van der Waals surface area (Å²) in [5, 5.41) is 19.2. The number of phenols is 1. The number of aliphatic hydroxyl groups is 1. The molecule has 3 aliphatic heterocycles. The Labute approximate surface area is 137 Å². The van der Waals surface area contributed by atoms with Gasteiger partial charge in [0.1, 0.15) is 6.10 Å². The van der Waals surface area contributed by atoms with E-state index in [0.717, 1.165) is 5.56 Å². The topological polar surface area (TPSA) is 104 Å². The number of carbonyl (C=O) groups excluding carboxylic acids is 1. The number of fused-ring (bicyclic) bond motifs is 3. The highest BCUT2D eigenvalue weighted by molar-refractivity contribution is 5.78. The molecule has 6 unspecified atom stereocenters. The Balaban J connectivity index is 1.43. The number of rotatable bonds is 3. The predicted molar refractivity (Wildman–Crippen MR) is 78.0 cm³/mol. The second-order valence-electron chi connectivity index (χ2n) is 5.71. The van der Waals surface area contributed by atoms with Crippen molar-refractivity contribution in [3.8, 4) is 11.5 Å². The van der Waals surface area contributed by atoms with Gasteiger partial charge in [-0.05, 0) is 23.8 Å². The van der Waals surface area contributed by atoms with Crippen LogP contribution in [0.5, 0.6) is 11.5 Å². The average molecular weight is 336 g/mol. The number of ether oxygens (including phenoxy) is 5. The summed E-state index contributed by atoms with van der Waals surface area (Å²) in [6.45, 7) is 0. The van der Waals surface area contributed by atoms with Crippen molar-refractivity contribution in [2.24, 2.45) is 0 Å². The third-order valence-electron chi connectivity index (χ3n) is 4.22. The summed E-state index contributed by atoms with van der Waals surface area (Å²) >= 11 is 0. The van der Waals surface area contributed by atoms with Crippen molar-refractivity contribution in [2.45, 2.75) is 37.0 Å². The highest BCUT2D eigenvalue weighted by atomic mass is 16.8. The van der Waals surface area contributed by atoms with Gasteiger partial charge >= 0.3 is 5.97 Å². The third-order valence-corrected chi connectivity index (χ3v) is 4.22. The highest BCUT2D eigenvalue weighted by Gasteiger charge is 2.61. The van der Waals surface area contributed by atoms with Gasteiger partial charge in [-0.25, -0.2) is 4.79 Å². The van der Waals surface area contributed by atoms with E-state index in [1.54, 1.807) is 24.3 Å². The maximum atomic E-state index is 11.4. The molecule has 3 fully saturated rings. The van der Waals surface area contributed by atoms with Gasteiger partial charge in [-0.15, -0.1) is 0 Å². The smallest absolute Gasteiger partial charge is 0.338 e. The summed E-state index contributed by atoms with van der Waals surface area (Å²) in [6, 6.07) is 4.91. The Morgan fingerprint density at radius 3 is 2.79 bits per heavy atom. The molecule has 0 spiro atoms. The lowest BCUT2D eigenvalue weighted by atomic mass is 10.1. The van der Waals surface area contributed by atoms with E-state index >= 15 is 0 Å². The second-order valence-corrected chi connectivity index (χ2v) is 5.71. The number of aliphatic hydroxyl groups excluding tert-OH is 1. The molecule has 3 saturated heterocycles. The van der Waals surface area contributed by atoms with Crippen LogP contribution in [0.3, 0.4) is 0 Å². The van der Waals surface area contributed by atoms with Crippen molar-refractivity contribution < 1.29 is 38.7 Å². The van der Waals surface area contributed by atoms with E-state index in [0.29, 0.717) is 5.75 Å². The van der Waals surface area contributed by atoms with Crippen LogP contribution in [-0.2, 0) is 23.7 Å². The van der Waals surface area contributed by atoms with Gasteiger partial charge in [0.15, 0.2) is 42.4 Å². The number of hydrogen-bond donors (Lipinski definition) is 2. The number of hydrogen-bond acceptors (Lipinski definition) is 8. The SMILES string of the molecule is COc1cc(C=CC2OC3OC4C(O)C(=O)OC4C3O2)ccc1O. The molecule has 8 heteroatoms. The molecule has 6 atom stereocenters. The Morgan fingerprint density at radius 1 is 1.17 bits per heavy atom. The van der Waals surface area contributed by atoms with Crippen LogP contribution in [0.1, 0.15) is 5.56 Å². The molecule has 0 aliphatic carbocycles. The van der Waals surface area contributed by atoms with Gasteiger partial charge in [-0.1, -0.05) is 12.1 Å². The summed E-state index contributed by atoms with van der Waals surface area (Å²) in [5.74, 6) is -0.291. The molecule has 0 radical (unpaired) electrons. The van der Waals surface area contributed by atoms with Crippen LogP contribution in [-0.4, -0.2) is 60.3 Å². The molecule has 0 bridgehead atoms. The first-order chi connectivity index (χ1) is 11.6. The van der Waals surface area contributed by atoms with Crippen molar-refractivity contribution in [1.29, 1.82) is 0 Å². The summed E-state index contributed by atoms with van der Waals surface area (Å²) in [6.07, 6.45) is -1.21. The Kier molecular flexibility index (Phi) is 3.69. The first-order valence-corrected chi connectivity index (χ1v) is 7.47. The van der Waals surface area contributed by atoms with E-state index in [4.69, 9.17) is 23.7 Å². The molecule has 1 aromatic rings. The van der Waals surface area contributed by atoms with E-state index in [2.05, 4.69) is 0 Å². The molecule has 0 aromatic heterocycles. The minimum absolute atomic E-state index is 0.0543. The van der Waals surface area contributed by atoms with Crippen LogP contribution in [0.15, 0.2) is 24.3 Å². The minimum Gasteiger partial charge on any atom is -0.504 e. The van der Waals surface area contributed by atoms with E-state index in [9.17, 15) is 15.0 Å². The fourth-order valence-electron chi connectivity index (χ4n) is 3.03. The molecule has 24 heavy (non-hydrogen) atoms. The van der Waals surface area contributed by atoms with Gasteiger partial charge in [0.05, 0.1) is 7.11 Å². The zero-order chi connectivity index (χ0) is 16.8. The number of benzene rings is 1. The Morgan fingerprint density at radius 2 is 2.00 bits per heavy atom. The molecule has 0 saturated carbocycles. The molecule has 3 aliphatic rings. The molecular weight excluding hydrogens is 320 g/mol. The van der Waals surface area contributed by atoms with E-state index in [1.807, 2.05) is 0 Å². The largest absolute Gasteiger partial charge is 0.504 e. The fourth-order valence-corrected chi connectivity index (χ4v) is 3.03. The number of carbonyl (C=O) groups is 1. The van der Waals surface area contributed by atoms with Gasteiger partial charge in [-0.3, -0.25) is 0 Å². The third kappa shape index (κ3) is 2.44. The van der Waals surface area contributed by atoms with Crippen LogP contribution in [0.2, 0.25) is 0 Å². The lowest BCUT2D eigenvalue weighted by Gasteiger charge is -2.14. The first kappa shape index (κ1) is 15.4. The van der Waals surface area contributed by atoms with Crippen LogP contribution in [0.25, 0.3) is 6.08 Å². The van der Waals surface area contributed by atoms with Gasteiger partial charge in [0.2, 0.25) is 0 Å². The molecular formula is C16H16O8. The van der Waals surface area contributed by atoms with Crippen molar-refractivity contribution in [3.05, 3.63) is 29.8 Å². The quantitative estimate of drug-likeness (QED) is 0.753. The van der Waals surface area contributed by atoms with Crippen LogP contribution in [0, 0.1) is 0 Å². The zero-order valence-electron chi connectivity index (χ0n) is 12.7. The molecule has 8 nitrogen and oxygen atoms in total. The monoisotopic (exact) mass is 336 g/mol. The predicted octanol–water partition coefficient (Wildman–Crippen LogP) is 0.167. The molecule has 128 valence electrons. The average Bonchev–Trinajstić information content (AvgIpc) is 3.19. The van der Waals surface area contributed by atoms with E-state index < -0.39 is 43.0 Å². The second kappa shape index (κ2) is 5.75. The van der Waals surface area contributed by atoms with Gasteiger partial charge in [0, 0.05) is 0 Å². The van der Waals surface area contributed by atoms with Crippen LogP contribution < -0.4 is 4.74 Å². The van der Waals surface area contributed by atoms with E-state index in [-0.39, 0.29) is 5.75 Å². The summed E-state index contributed by atoms with van der Waals surface area (Å²) in [4.78, 5) is 11.4. The standard InChI is InChI=1S/C16H16O8/c1-20-9-6-7(2-4-8(9)17)3-5-10-21-14-13-12(24-16(14)22-10)11(18)15(19)23-13/h2-6,10-14,16-18H,1H3. The van der Waals surface area contributed by atoms with Gasteiger partial charge in [0.25, 0.3) is 0 Å². The van der Waals surface area contributed by atoms with E-state index in [1.165, 1.54) is 13.2 Å². The normalized spacial score (nSPS) is 37.5. The Hall–Kier alpha value is -2.13. The lowest BCUT2D eigenvalue weighted by molar-refractivity contribution is -0.160. The van der Waals surface area contributed by atoms with Crippen LogP contribution >= 0.6 is 0 Å². The summed E-state index contributed by atoms with van der Waals surface area (Å²) < 4.78 is 26.9. The number of phenolic OH excluding ortho intramolecular Hbond substituents is 1. The Bertz CT molecular complexity index is 687. The molecule has 0 amide bonds. The van der Waals surface area contributed by atoms with Crippen molar-refractivity contribution in [2.75, 3.05) is 7.11 Å². The lowest BCUT2D eigenvalue weighted by Crippen LogP contribution is -2.33. The van der Waals surface area contributed by atoms with Gasteiger partial charge in [-0.2, -0.15) is 0 Å². The molecule has 3 heterocycles. The molecule has 4 rings (SSSR count). The van der Waals surface area contributed by atoms with Crippen LogP contribution in [0.4, 0.5) is 0 Å².